The van der Waals surface area contributed by atoms with Crippen LogP contribution in [0.5, 0.6) is 0 Å². The molecule has 0 bridgehead atoms. The number of likely N-dealkylation sites (tertiary alicyclic amines) is 1. The first-order chi connectivity index (χ1) is 13.2. The Morgan fingerprint density at radius 3 is 2.68 bits per heavy atom. The van der Waals surface area contributed by atoms with Crippen LogP contribution in [0.2, 0.25) is 0 Å². The molecule has 0 spiro atoms. The van der Waals surface area contributed by atoms with E-state index in [2.05, 4.69) is 49.5 Å². The maximum absolute atomic E-state index is 13.0. The zero-order valence-electron chi connectivity index (χ0n) is 18.4. The van der Waals surface area contributed by atoms with Crippen molar-refractivity contribution < 1.29 is 9.59 Å². The third kappa shape index (κ3) is 4.35. The summed E-state index contributed by atoms with van der Waals surface area (Å²) in [5.41, 5.74) is 4.04. The van der Waals surface area contributed by atoms with Gasteiger partial charge in [-0.25, -0.2) is 0 Å². The molecule has 0 aromatic carbocycles. The van der Waals surface area contributed by atoms with Gasteiger partial charge in [-0.3, -0.25) is 9.59 Å². The van der Waals surface area contributed by atoms with Crippen LogP contribution >= 0.6 is 0 Å². The minimum Gasteiger partial charge on any atom is -0.354 e. The van der Waals surface area contributed by atoms with Crippen LogP contribution in [0.25, 0.3) is 0 Å². The fourth-order valence-electron chi connectivity index (χ4n) is 5.01. The Hall–Kier alpha value is -1.62. The van der Waals surface area contributed by atoms with Gasteiger partial charge in [0.25, 0.3) is 0 Å². The number of carbonyl (C=O) groups excluding carboxylic acids is 2. The van der Waals surface area contributed by atoms with Gasteiger partial charge < -0.3 is 14.8 Å². The number of Topliss-reactive ketones (excluding diaryl/α,β-unsaturated/α-hetero) is 1. The van der Waals surface area contributed by atoms with Crippen LogP contribution in [0.1, 0.15) is 80.2 Å². The Balaban J connectivity index is 1.78. The third-order valence-electron chi connectivity index (χ3n) is 6.56. The SMILES string of the molecule is CCCn1c(C)c(CC(=O)NCC2CCCCN2C)c2c1CC(C)(C)CC2=O. The summed E-state index contributed by atoms with van der Waals surface area (Å²) in [6.45, 7) is 11.3. The number of amides is 1. The van der Waals surface area contributed by atoms with Gasteiger partial charge in [-0.1, -0.05) is 27.2 Å². The predicted molar refractivity (Wildman–Crippen MR) is 113 cm³/mol. The molecule has 5 heteroatoms. The number of carbonyl (C=O) groups is 2. The van der Waals surface area contributed by atoms with E-state index in [-0.39, 0.29) is 17.1 Å². The summed E-state index contributed by atoms with van der Waals surface area (Å²) in [4.78, 5) is 28.1. The van der Waals surface area contributed by atoms with Gasteiger partial charge in [0, 0.05) is 42.5 Å². The highest BCUT2D eigenvalue weighted by Crippen LogP contribution is 2.39. The maximum atomic E-state index is 13.0. The van der Waals surface area contributed by atoms with Crippen molar-refractivity contribution in [1.82, 2.24) is 14.8 Å². The van der Waals surface area contributed by atoms with Crippen molar-refractivity contribution in [3.8, 4) is 0 Å². The molecule has 1 unspecified atom stereocenters. The van der Waals surface area contributed by atoms with Gasteiger partial charge in [0.05, 0.1) is 6.42 Å². The van der Waals surface area contributed by atoms with Crippen LogP contribution in [0.3, 0.4) is 0 Å². The third-order valence-corrected chi connectivity index (χ3v) is 6.56. The fraction of sp³-hybridized carbons (Fsp3) is 0.739. The molecule has 1 aliphatic carbocycles. The molecule has 2 heterocycles. The summed E-state index contributed by atoms with van der Waals surface area (Å²) in [6, 6.07) is 0.430. The summed E-state index contributed by atoms with van der Waals surface area (Å²) in [5.74, 6) is 0.246. The van der Waals surface area contributed by atoms with Gasteiger partial charge in [0.2, 0.25) is 5.91 Å². The monoisotopic (exact) mass is 387 g/mol. The average molecular weight is 388 g/mol. The van der Waals surface area contributed by atoms with E-state index >= 15 is 0 Å². The van der Waals surface area contributed by atoms with Crippen molar-refractivity contribution in [3.05, 3.63) is 22.5 Å². The Bertz CT molecular complexity index is 748. The second-order valence-corrected chi connectivity index (χ2v) is 9.59. The molecular weight excluding hydrogens is 350 g/mol. The van der Waals surface area contributed by atoms with E-state index in [1.165, 1.54) is 12.8 Å². The highest BCUT2D eigenvalue weighted by molar-refractivity contribution is 6.01. The summed E-state index contributed by atoms with van der Waals surface area (Å²) in [6.07, 6.45) is 6.44. The number of fused-ring (bicyclic) bond motifs is 1. The number of piperidine rings is 1. The lowest BCUT2D eigenvalue weighted by Crippen LogP contribution is -2.44. The predicted octanol–water partition coefficient (Wildman–Crippen LogP) is 3.50. The fourth-order valence-corrected chi connectivity index (χ4v) is 5.01. The first kappa shape index (κ1) is 21.1. The lowest BCUT2D eigenvalue weighted by Gasteiger charge is -2.32. The molecule has 1 aromatic heterocycles. The number of hydrogen-bond donors (Lipinski definition) is 1. The smallest absolute Gasteiger partial charge is 0.224 e. The molecular formula is C23H37N3O2. The van der Waals surface area contributed by atoms with Crippen LogP contribution in [0.4, 0.5) is 0 Å². The van der Waals surface area contributed by atoms with Crippen molar-refractivity contribution >= 4 is 11.7 Å². The standard InChI is InChI=1S/C23H37N3O2/c1-6-10-26-16(2)18(22-19(26)13-23(3,4)14-20(22)27)12-21(28)24-15-17-9-7-8-11-25(17)5/h17H,6-15H2,1-5H3,(H,24,28). The van der Waals surface area contributed by atoms with E-state index in [1.54, 1.807) is 0 Å². The van der Waals surface area contributed by atoms with Crippen LogP contribution in [-0.4, -0.2) is 47.3 Å². The quantitative estimate of drug-likeness (QED) is 0.813. The minimum absolute atomic E-state index is 0.00847. The number of nitrogens with one attached hydrogen (secondary N) is 1. The zero-order chi connectivity index (χ0) is 20.5. The molecule has 1 N–H and O–H groups in total. The Labute approximate surface area is 169 Å². The Kier molecular flexibility index (Phi) is 6.33. The van der Waals surface area contributed by atoms with Crippen LogP contribution in [-0.2, 0) is 24.2 Å². The molecule has 28 heavy (non-hydrogen) atoms. The molecule has 0 saturated carbocycles. The maximum Gasteiger partial charge on any atom is 0.224 e. The molecule has 5 nitrogen and oxygen atoms in total. The van der Waals surface area contributed by atoms with Crippen molar-refractivity contribution in [1.29, 1.82) is 0 Å². The molecule has 0 radical (unpaired) electrons. The van der Waals surface area contributed by atoms with E-state index in [0.717, 1.165) is 54.9 Å². The first-order valence-corrected chi connectivity index (χ1v) is 10.9. The van der Waals surface area contributed by atoms with Gasteiger partial charge in [-0.15, -0.1) is 0 Å². The summed E-state index contributed by atoms with van der Waals surface area (Å²) >= 11 is 0. The number of likely N-dealkylation sites (N-methyl/N-ethyl adjacent to an activating group) is 1. The van der Waals surface area contributed by atoms with Gasteiger partial charge in [0.1, 0.15) is 0 Å². The van der Waals surface area contributed by atoms with Crippen molar-refractivity contribution in [3.63, 3.8) is 0 Å². The topological polar surface area (TPSA) is 54.3 Å². The normalized spacial score (nSPS) is 22.2. The van der Waals surface area contributed by atoms with E-state index < -0.39 is 0 Å². The molecule has 1 amide bonds. The highest BCUT2D eigenvalue weighted by Gasteiger charge is 2.36. The van der Waals surface area contributed by atoms with E-state index in [4.69, 9.17) is 0 Å². The number of ketones is 1. The lowest BCUT2D eigenvalue weighted by molar-refractivity contribution is -0.120. The van der Waals surface area contributed by atoms with Crippen molar-refractivity contribution in [2.45, 2.75) is 85.2 Å². The zero-order valence-corrected chi connectivity index (χ0v) is 18.4. The molecule has 3 rings (SSSR count). The average Bonchev–Trinajstić information content (AvgIpc) is 2.86. The number of aromatic nitrogens is 1. The molecule has 1 fully saturated rings. The summed E-state index contributed by atoms with van der Waals surface area (Å²) in [7, 11) is 2.14. The van der Waals surface area contributed by atoms with Gasteiger partial charge >= 0.3 is 0 Å². The van der Waals surface area contributed by atoms with E-state index in [9.17, 15) is 9.59 Å². The van der Waals surface area contributed by atoms with E-state index in [0.29, 0.717) is 25.4 Å². The minimum atomic E-state index is -0.00847. The number of nitrogens with zero attached hydrogens (tertiary/aromatic N) is 2. The molecule has 156 valence electrons. The second kappa shape index (κ2) is 8.40. The largest absolute Gasteiger partial charge is 0.354 e. The van der Waals surface area contributed by atoms with Crippen molar-refractivity contribution in [2.75, 3.05) is 20.1 Å². The molecule has 2 aliphatic rings. The molecule has 1 aliphatic heterocycles. The van der Waals surface area contributed by atoms with Gasteiger partial charge in [0.15, 0.2) is 5.78 Å². The van der Waals surface area contributed by atoms with Crippen LogP contribution < -0.4 is 5.32 Å². The van der Waals surface area contributed by atoms with Crippen LogP contribution in [0.15, 0.2) is 0 Å². The van der Waals surface area contributed by atoms with Gasteiger partial charge in [-0.2, -0.15) is 0 Å². The molecule has 1 atom stereocenters. The lowest BCUT2D eigenvalue weighted by atomic mass is 9.75. The van der Waals surface area contributed by atoms with Gasteiger partial charge in [-0.05, 0) is 57.2 Å². The van der Waals surface area contributed by atoms with Crippen LogP contribution in [0, 0.1) is 12.3 Å². The Morgan fingerprint density at radius 2 is 2.00 bits per heavy atom. The second-order valence-electron chi connectivity index (χ2n) is 9.59. The van der Waals surface area contributed by atoms with E-state index in [1.807, 2.05) is 0 Å². The first-order valence-electron chi connectivity index (χ1n) is 10.9. The van der Waals surface area contributed by atoms with Crippen molar-refractivity contribution in [2.24, 2.45) is 5.41 Å². The number of hydrogen-bond acceptors (Lipinski definition) is 3. The Morgan fingerprint density at radius 1 is 1.25 bits per heavy atom. The highest BCUT2D eigenvalue weighted by atomic mass is 16.1. The molecule has 1 aromatic rings. The molecule has 1 saturated heterocycles. The number of rotatable bonds is 6. The summed E-state index contributed by atoms with van der Waals surface area (Å²) < 4.78 is 2.30. The summed E-state index contributed by atoms with van der Waals surface area (Å²) in [5, 5.41) is 3.14.